The molecule has 1 fully saturated rings. The van der Waals surface area contributed by atoms with E-state index in [9.17, 15) is 0 Å². The monoisotopic (exact) mass is 246 g/mol. The maximum atomic E-state index is 4.68. The highest BCUT2D eigenvalue weighted by Gasteiger charge is 2.40. The number of fused-ring (bicyclic) bond motifs is 1. The lowest BCUT2D eigenvalue weighted by Gasteiger charge is -2.11. The van der Waals surface area contributed by atoms with Crippen LogP contribution in [0.15, 0.2) is 18.2 Å². The zero-order valence-electron chi connectivity index (χ0n) is 10.4. The van der Waals surface area contributed by atoms with Crippen molar-refractivity contribution < 1.29 is 0 Å². The quantitative estimate of drug-likeness (QED) is 0.874. The van der Waals surface area contributed by atoms with Crippen molar-refractivity contribution in [2.45, 2.75) is 33.1 Å². The van der Waals surface area contributed by atoms with Crippen LogP contribution in [0.1, 0.15) is 31.7 Å². The normalized spacial score (nSPS) is 17.3. The Bertz CT molecular complexity index is 540. The summed E-state index contributed by atoms with van der Waals surface area (Å²) in [5.74, 6) is 0. The summed E-state index contributed by atoms with van der Waals surface area (Å²) < 4.78 is 1.29. The predicted octanol–water partition coefficient (Wildman–Crippen LogP) is 4.21. The molecule has 3 rings (SSSR count). The molecular weight excluding hydrogens is 228 g/mol. The van der Waals surface area contributed by atoms with Crippen LogP contribution in [-0.4, -0.2) is 11.5 Å². The Morgan fingerprint density at radius 3 is 2.88 bits per heavy atom. The molecule has 0 amide bonds. The molecule has 0 aliphatic heterocycles. The molecule has 1 aromatic carbocycles. The standard InChI is InChI=1S/C14H18N2S/c1-3-14(7-8-14)9-15-13-16-12-10(2)5-4-6-11(12)17-13/h4-6H,3,7-9H2,1-2H3,(H,15,16). The maximum Gasteiger partial charge on any atom is 0.183 e. The van der Waals surface area contributed by atoms with Gasteiger partial charge in [-0.3, -0.25) is 0 Å². The molecule has 90 valence electrons. The third-order valence-electron chi connectivity index (χ3n) is 3.94. The summed E-state index contributed by atoms with van der Waals surface area (Å²) in [7, 11) is 0. The molecule has 0 spiro atoms. The van der Waals surface area contributed by atoms with Gasteiger partial charge < -0.3 is 5.32 Å². The molecular formula is C14H18N2S. The minimum Gasteiger partial charge on any atom is -0.361 e. The molecule has 0 bridgehead atoms. The molecule has 1 saturated carbocycles. The number of benzene rings is 1. The summed E-state index contributed by atoms with van der Waals surface area (Å²) >= 11 is 1.77. The Morgan fingerprint density at radius 1 is 1.41 bits per heavy atom. The van der Waals surface area contributed by atoms with Gasteiger partial charge in [0.15, 0.2) is 5.13 Å². The van der Waals surface area contributed by atoms with Crippen molar-refractivity contribution in [3.8, 4) is 0 Å². The van der Waals surface area contributed by atoms with Crippen LogP contribution in [0.3, 0.4) is 0 Å². The summed E-state index contributed by atoms with van der Waals surface area (Å²) in [6.45, 7) is 5.50. The van der Waals surface area contributed by atoms with Crippen molar-refractivity contribution in [3.63, 3.8) is 0 Å². The fraction of sp³-hybridized carbons (Fsp3) is 0.500. The van der Waals surface area contributed by atoms with E-state index in [-0.39, 0.29) is 0 Å². The minimum atomic E-state index is 0.576. The number of rotatable bonds is 4. The number of aromatic nitrogens is 1. The van der Waals surface area contributed by atoms with Crippen LogP contribution in [0.5, 0.6) is 0 Å². The van der Waals surface area contributed by atoms with Crippen molar-refractivity contribution in [2.75, 3.05) is 11.9 Å². The molecule has 1 aliphatic carbocycles. The van der Waals surface area contributed by atoms with Crippen molar-refractivity contribution in [2.24, 2.45) is 5.41 Å². The number of nitrogens with zero attached hydrogens (tertiary/aromatic N) is 1. The molecule has 0 atom stereocenters. The second-order valence-corrected chi connectivity index (χ2v) is 6.18. The second-order valence-electron chi connectivity index (χ2n) is 5.15. The number of aryl methyl sites for hydroxylation is 1. The van der Waals surface area contributed by atoms with E-state index in [0.29, 0.717) is 5.41 Å². The summed E-state index contributed by atoms with van der Waals surface area (Å²) in [6.07, 6.45) is 4.03. The van der Waals surface area contributed by atoms with Gasteiger partial charge in [-0.2, -0.15) is 0 Å². The summed E-state index contributed by atoms with van der Waals surface area (Å²) in [5, 5.41) is 4.60. The molecule has 1 N–H and O–H groups in total. The van der Waals surface area contributed by atoms with Crippen LogP contribution in [-0.2, 0) is 0 Å². The number of thiazole rings is 1. The second kappa shape index (κ2) is 3.98. The van der Waals surface area contributed by atoms with Gasteiger partial charge >= 0.3 is 0 Å². The van der Waals surface area contributed by atoms with Crippen LogP contribution >= 0.6 is 11.3 Å². The molecule has 0 unspecified atom stereocenters. The molecule has 0 saturated heterocycles. The molecule has 0 radical (unpaired) electrons. The summed E-state index contributed by atoms with van der Waals surface area (Å²) in [6, 6.07) is 6.38. The first-order valence-corrected chi connectivity index (χ1v) is 7.14. The first kappa shape index (κ1) is 11.0. The van der Waals surface area contributed by atoms with Gasteiger partial charge in [0, 0.05) is 6.54 Å². The fourth-order valence-corrected chi connectivity index (χ4v) is 3.20. The molecule has 3 heteroatoms. The van der Waals surface area contributed by atoms with E-state index in [1.54, 1.807) is 11.3 Å². The highest BCUT2D eigenvalue weighted by molar-refractivity contribution is 7.22. The number of hydrogen-bond donors (Lipinski definition) is 1. The number of hydrogen-bond acceptors (Lipinski definition) is 3. The van der Waals surface area contributed by atoms with Crippen molar-refractivity contribution in [3.05, 3.63) is 23.8 Å². The number of para-hydroxylation sites is 1. The van der Waals surface area contributed by atoms with E-state index >= 15 is 0 Å². The largest absolute Gasteiger partial charge is 0.361 e. The lowest BCUT2D eigenvalue weighted by atomic mass is 10.0. The summed E-state index contributed by atoms with van der Waals surface area (Å²) in [4.78, 5) is 4.68. The Morgan fingerprint density at radius 2 is 2.24 bits per heavy atom. The van der Waals surface area contributed by atoms with E-state index in [4.69, 9.17) is 0 Å². The lowest BCUT2D eigenvalue weighted by Crippen LogP contribution is -2.14. The van der Waals surface area contributed by atoms with Gasteiger partial charge in [-0.1, -0.05) is 30.4 Å². The first-order valence-electron chi connectivity index (χ1n) is 6.32. The molecule has 2 nitrogen and oxygen atoms in total. The average molecular weight is 246 g/mol. The van der Waals surface area contributed by atoms with E-state index in [2.05, 4.69) is 42.3 Å². The van der Waals surface area contributed by atoms with Gasteiger partial charge in [-0.25, -0.2) is 4.98 Å². The van der Waals surface area contributed by atoms with Crippen LogP contribution in [0.4, 0.5) is 5.13 Å². The van der Waals surface area contributed by atoms with Gasteiger partial charge in [0.2, 0.25) is 0 Å². The molecule has 1 aromatic heterocycles. The van der Waals surface area contributed by atoms with Crippen LogP contribution in [0.25, 0.3) is 10.2 Å². The zero-order valence-corrected chi connectivity index (χ0v) is 11.2. The number of anilines is 1. The van der Waals surface area contributed by atoms with Gasteiger partial charge in [0.05, 0.1) is 10.2 Å². The SMILES string of the molecule is CCC1(CNc2nc3c(C)cccc3s2)CC1. The highest BCUT2D eigenvalue weighted by atomic mass is 32.1. The summed E-state index contributed by atoms with van der Waals surface area (Å²) in [5.41, 5.74) is 3.00. The van der Waals surface area contributed by atoms with E-state index < -0.39 is 0 Å². The first-order chi connectivity index (χ1) is 8.22. The van der Waals surface area contributed by atoms with Gasteiger partial charge in [-0.15, -0.1) is 0 Å². The van der Waals surface area contributed by atoms with Gasteiger partial charge in [-0.05, 0) is 43.2 Å². The topological polar surface area (TPSA) is 24.9 Å². The Balaban J connectivity index is 1.79. The Kier molecular flexibility index (Phi) is 2.58. The average Bonchev–Trinajstić information content (AvgIpc) is 3.00. The molecule has 2 aromatic rings. The molecule has 17 heavy (non-hydrogen) atoms. The van der Waals surface area contributed by atoms with Crippen LogP contribution < -0.4 is 5.32 Å². The predicted molar refractivity (Wildman–Crippen MR) is 74.8 cm³/mol. The molecule has 1 heterocycles. The third-order valence-corrected chi connectivity index (χ3v) is 4.92. The van der Waals surface area contributed by atoms with E-state index in [0.717, 1.165) is 17.2 Å². The zero-order chi connectivity index (χ0) is 11.9. The Hall–Kier alpha value is -1.09. The molecule has 1 aliphatic rings. The van der Waals surface area contributed by atoms with E-state index in [1.807, 2.05) is 0 Å². The smallest absolute Gasteiger partial charge is 0.183 e. The van der Waals surface area contributed by atoms with Crippen molar-refractivity contribution in [1.82, 2.24) is 4.98 Å². The Labute approximate surface area is 106 Å². The fourth-order valence-electron chi connectivity index (χ4n) is 2.26. The van der Waals surface area contributed by atoms with Gasteiger partial charge in [0.1, 0.15) is 0 Å². The maximum absolute atomic E-state index is 4.68. The third kappa shape index (κ3) is 2.04. The van der Waals surface area contributed by atoms with Crippen LogP contribution in [0, 0.1) is 12.3 Å². The van der Waals surface area contributed by atoms with Crippen molar-refractivity contribution in [1.29, 1.82) is 0 Å². The number of nitrogens with one attached hydrogen (secondary N) is 1. The van der Waals surface area contributed by atoms with Crippen molar-refractivity contribution >= 4 is 26.7 Å². The minimum absolute atomic E-state index is 0.576. The highest BCUT2D eigenvalue weighted by Crippen LogP contribution is 2.48. The van der Waals surface area contributed by atoms with E-state index in [1.165, 1.54) is 29.5 Å². The lowest BCUT2D eigenvalue weighted by molar-refractivity contribution is 0.521. The van der Waals surface area contributed by atoms with Crippen LogP contribution in [0.2, 0.25) is 0 Å². The van der Waals surface area contributed by atoms with Gasteiger partial charge in [0.25, 0.3) is 0 Å².